The molecular weight excluding hydrogens is 88.1 g/mol. The smallest absolute Gasteiger partial charge is 0.109 e. The Morgan fingerprint density at radius 2 is 2.43 bits per heavy atom. The Balaban J connectivity index is 2.92. The van der Waals surface area contributed by atoms with Gasteiger partial charge >= 0.3 is 0 Å². The predicted octanol–water partition coefficient (Wildman–Crippen LogP) is 1.13. The molecule has 40 valence electrons. The molecule has 0 unspecified atom stereocenters. The van der Waals surface area contributed by atoms with Gasteiger partial charge in [0.2, 0.25) is 0 Å². The van der Waals surface area contributed by atoms with E-state index in [1.807, 2.05) is 0 Å². The van der Waals surface area contributed by atoms with E-state index in [9.17, 15) is 0 Å². The SMILES string of the molecule is C=N/C=N/CCC. The molecule has 0 aliphatic heterocycles. The van der Waals surface area contributed by atoms with Crippen molar-refractivity contribution >= 4 is 13.1 Å². The summed E-state index contributed by atoms with van der Waals surface area (Å²) < 4.78 is 0. The quantitative estimate of drug-likeness (QED) is 0.373. The lowest BCUT2D eigenvalue weighted by atomic mass is 10.5. The third kappa shape index (κ3) is 5.34. The third-order valence-corrected chi connectivity index (χ3v) is 0.516. The first-order chi connectivity index (χ1) is 3.41. The maximum Gasteiger partial charge on any atom is 0.109 e. The summed E-state index contributed by atoms with van der Waals surface area (Å²) >= 11 is 0. The summed E-state index contributed by atoms with van der Waals surface area (Å²) in [5.41, 5.74) is 0. The number of aliphatic imine (C=N–C) groups is 2. The van der Waals surface area contributed by atoms with Gasteiger partial charge in [-0.2, -0.15) is 0 Å². The molecular formula is C5H10N2. The van der Waals surface area contributed by atoms with Gasteiger partial charge in [-0.05, 0) is 13.1 Å². The zero-order valence-electron chi connectivity index (χ0n) is 4.59. The van der Waals surface area contributed by atoms with Crippen LogP contribution in [0.3, 0.4) is 0 Å². The molecule has 0 atom stereocenters. The molecule has 0 bridgehead atoms. The van der Waals surface area contributed by atoms with Crippen LogP contribution in [-0.4, -0.2) is 19.6 Å². The zero-order chi connectivity index (χ0) is 5.54. The fourth-order valence-electron chi connectivity index (χ4n) is 0.245. The number of hydrogen-bond acceptors (Lipinski definition) is 1. The predicted molar refractivity (Wildman–Crippen MR) is 33.2 cm³/mol. The van der Waals surface area contributed by atoms with Crippen LogP contribution in [0.15, 0.2) is 9.98 Å². The summed E-state index contributed by atoms with van der Waals surface area (Å²) in [7, 11) is 0. The van der Waals surface area contributed by atoms with E-state index in [0.29, 0.717) is 0 Å². The summed E-state index contributed by atoms with van der Waals surface area (Å²) in [5.74, 6) is 0. The lowest BCUT2D eigenvalue weighted by molar-refractivity contribution is 0.935. The first kappa shape index (κ1) is 6.34. The second kappa shape index (κ2) is 5.34. The van der Waals surface area contributed by atoms with Crippen LogP contribution in [0.1, 0.15) is 13.3 Å². The normalized spacial score (nSPS) is 9.86. The average Bonchev–Trinajstić information content (AvgIpc) is 1.69. The molecule has 0 aromatic rings. The number of rotatable bonds is 3. The Morgan fingerprint density at radius 1 is 1.71 bits per heavy atom. The van der Waals surface area contributed by atoms with Gasteiger partial charge in [-0.1, -0.05) is 6.92 Å². The largest absolute Gasteiger partial charge is 0.274 e. The summed E-state index contributed by atoms with van der Waals surface area (Å²) in [6.45, 7) is 6.16. The van der Waals surface area contributed by atoms with Crippen LogP contribution in [-0.2, 0) is 0 Å². The van der Waals surface area contributed by atoms with Crippen molar-refractivity contribution in [2.75, 3.05) is 6.54 Å². The van der Waals surface area contributed by atoms with Crippen molar-refractivity contribution in [2.24, 2.45) is 9.98 Å². The lowest BCUT2D eigenvalue weighted by Gasteiger charge is -1.78. The second-order valence-corrected chi connectivity index (χ2v) is 1.20. The van der Waals surface area contributed by atoms with Crippen LogP contribution < -0.4 is 0 Å². The van der Waals surface area contributed by atoms with Crippen molar-refractivity contribution in [2.45, 2.75) is 13.3 Å². The van der Waals surface area contributed by atoms with Crippen molar-refractivity contribution in [1.82, 2.24) is 0 Å². The van der Waals surface area contributed by atoms with Gasteiger partial charge in [-0.3, -0.25) is 9.98 Å². The first-order valence-electron chi connectivity index (χ1n) is 2.36. The van der Waals surface area contributed by atoms with Gasteiger partial charge in [0.25, 0.3) is 0 Å². The van der Waals surface area contributed by atoms with E-state index in [1.165, 1.54) is 6.34 Å². The lowest BCUT2D eigenvalue weighted by Crippen LogP contribution is -1.73. The maximum atomic E-state index is 3.85. The Labute approximate surface area is 44.0 Å². The van der Waals surface area contributed by atoms with Gasteiger partial charge in [-0.25, -0.2) is 0 Å². The van der Waals surface area contributed by atoms with Gasteiger partial charge in [0.15, 0.2) is 0 Å². The fraction of sp³-hybridized carbons (Fsp3) is 0.600. The highest BCUT2D eigenvalue weighted by atomic mass is 14.8. The Kier molecular flexibility index (Phi) is 4.84. The van der Waals surface area contributed by atoms with Crippen LogP contribution in [0.5, 0.6) is 0 Å². The van der Waals surface area contributed by atoms with E-state index in [2.05, 4.69) is 23.6 Å². The average molecular weight is 98.1 g/mol. The van der Waals surface area contributed by atoms with Crippen LogP contribution in [0.4, 0.5) is 0 Å². The molecule has 0 heterocycles. The minimum Gasteiger partial charge on any atom is -0.274 e. The molecule has 0 aliphatic rings. The van der Waals surface area contributed by atoms with Gasteiger partial charge in [0, 0.05) is 6.54 Å². The van der Waals surface area contributed by atoms with Crippen LogP contribution in [0.25, 0.3) is 0 Å². The molecule has 7 heavy (non-hydrogen) atoms. The standard InChI is InChI=1S/C5H10N2/c1-3-4-7-5-6-2/h5H,2-4H2,1H3/b7-5+. The minimum atomic E-state index is 0.860. The highest BCUT2D eigenvalue weighted by Crippen LogP contribution is 1.73. The monoisotopic (exact) mass is 98.1 g/mol. The van der Waals surface area contributed by atoms with Crippen molar-refractivity contribution < 1.29 is 0 Å². The van der Waals surface area contributed by atoms with E-state index in [1.54, 1.807) is 0 Å². The molecule has 0 radical (unpaired) electrons. The number of nitrogens with zero attached hydrogens (tertiary/aromatic N) is 2. The molecule has 2 nitrogen and oxygen atoms in total. The maximum absolute atomic E-state index is 3.85. The zero-order valence-corrected chi connectivity index (χ0v) is 4.59. The molecule has 0 saturated carbocycles. The molecule has 0 amide bonds. The van der Waals surface area contributed by atoms with Crippen molar-refractivity contribution in [1.29, 1.82) is 0 Å². The Morgan fingerprint density at radius 3 is 2.86 bits per heavy atom. The number of hydrogen-bond donors (Lipinski definition) is 0. The molecule has 0 aromatic carbocycles. The molecule has 0 N–H and O–H groups in total. The van der Waals surface area contributed by atoms with E-state index < -0.39 is 0 Å². The molecule has 2 heteroatoms. The molecule has 0 spiro atoms. The van der Waals surface area contributed by atoms with E-state index in [0.717, 1.165) is 13.0 Å². The minimum absolute atomic E-state index is 0.860. The highest BCUT2D eigenvalue weighted by Gasteiger charge is 1.66. The molecule has 0 aromatic heterocycles. The molecule has 0 saturated heterocycles. The molecule has 0 rings (SSSR count). The van der Waals surface area contributed by atoms with Gasteiger partial charge in [0.05, 0.1) is 0 Å². The van der Waals surface area contributed by atoms with Crippen LogP contribution in [0.2, 0.25) is 0 Å². The first-order valence-corrected chi connectivity index (χ1v) is 2.36. The van der Waals surface area contributed by atoms with E-state index in [4.69, 9.17) is 0 Å². The van der Waals surface area contributed by atoms with Crippen molar-refractivity contribution in [3.8, 4) is 0 Å². The summed E-state index contributed by atoms with van der Waals surface area (Å²) in [6, 6.07) is 0. The second-order valence-electron chi connectivity index (χ2n) is 1.20. The highest BCUT2D eigenvalue weighted by molar-refractivity contribution is 5.61. The van der Waals surface area contributed by atoms with Crippen molar-refractivity contribution in [3.05, 3.63) is 0 Å². The fourth-order valence-corrected chi connectivity index (χ4v) is 0.245. The summed E-state index contributed by atoms with van der Waals surface area (Å²) in [5, 5.41) is 0. The summed E-state index contributed by atoms with van der Waals surface area (Å²) in [6.07, 6.45) is 2.55. The van der Waals surface area contributed by atoms with E-state index in [-0.39, 0.29) is 0 Å². The Hall–Kier alpha value is -0.660. The van der Waals surface area contributed by atoms with Gasteiger partial charge in [-0.15, -0.1) is 0 Å². The topological polar surface area (TPSA) is 24.7 Å². The molecule has 0 aliphatic carbocycles. The van der Waals surface area contributed by atoms with Crippen LogP contribution >= 0.6 is 0 Å². The summed E-state index contributed by atoms with van der Waals surface area (Å²) in [4.78, 5) is 7.29. The van der Waals surface area contributed by atoms with Gasteiger partial charge < -0.3 is 0 Å². The third-order valence-electron chi connectivity index (χ3n) is 0.516. The van der Waals surface area contributed by atoms with E-state index >= 15 is 0 Å². The Bertz CT molecular complexity index is 66.5. The molecule has 0 fully saturated rings. The van der Waals surface area contributed by atoms with Gasteiger partial charge in [0.1, 0.15) is 6.34 Å². The van der Waals surface area contributed by atoms with Crippen LogP contribution in [0, 0.1) is 0 Å². The van der Waals surface area contributed by atoms with Crippen molar-refractivity contribution in [3.63, 3.8) is 0 Å².